The molecule has 0 aliphatic carbocycles. The Kier molecular flexibility index (Phi) is 20.1. The van der Waals surface area contributed by atoms with Gasteiger partial charge in [0.2, 0.25) is 0 Å². The molecular weight excluding hydrogens is 937 g/mol. The van der Waals surface area contributed by atoms with Gasteiger partial charge >= 0.3 is 0 Å². The normalized spacial score (nSPS) is 10.2. The maximum atomic E-state index is 2.20. The van der Waals surface area contributed by atoms with E-state index < -0.39 is 0 Å². The van der Waals surface area contributed by atoms with Crippen LogP contribution in [0.15, 0.2) is 315 Å². The molecule has 0 nitrogen and oxygen atoms in total. The lowest BCUT2D eigenvalue weighted by molar-refractivity contribution is 1.46. The highest BCUT2D eigenvalue weighted by Crippen LogP contribution is 2.29. The van der Waals surface area contributed by atoms with Gasteiger partial charge in [0.05, 0.1) is 0 Å². The van der Waals surface area contributed by atoms with E-state index in [1.54, 1.807) is 0 Å². The van der Waals surface area contributed by atoms with Gasteiger partial charge in [0.1, 0.15) is 0 Å². The van der Waals surface area contributed by atoms with Gasteiger partial charge in [-0.05, 0) is 129 Å². The van der Waals surface area contributed by atoms with E-state index in [2.05, 4.69) is 339 Å². The Bertz CT molecular complexity index is 3860. The summed E-state index contributed by atoms with van der Waals surface area (Å²) in [5, 5.41) is 7.94. The number of hydrogen-bond donors (Lipinski definition) is 0. The fourth-order valence-corrected chi connectivity index (χ4v) is 9.25. The minimum absolute atomic E-state index is 1.28. The van der Waals surface area contributed by atoms with Crippen molar-refractivity contribution in [2.45, 2.75) is 41.5 Å². The van der Waals surface area contributed by atoms with Crippen molar-refractivity contribution < 1.29 is 0 Å². The summed E-state index contributed by atoms with van der Waals surface area (Å²) in [7, 11) is 0. The first-order valence-corrected chi connectivity index (χ1v) is 27.0. The Balaban J connectivity index is 0.000000124. The van der Waals surface area contributed by atoms with Gasteiger partial charge in [-0.3, -0.25) is 0 Å². The molecule has 0 unspecified atom stereocenters. The predicted octanol–water partition coefficient (Wildman–Crippen LogP) is 22.1. The summed E-state index contributed by atoms with van der Waals surface area (Å²) in [6.45, 7) is 12.7. The summed E-state index contributed by atoms with van der Waals surface area (Å²) >= 11 is 0. The van der Waals surface area contributed by atoms with E-state index >= 15 is 0 Å². The molecule has 13 aromatic carbocycles. The van der Waals surface area contributed by atoms with Crippen LogP contribution in [0.3, 0.4) is 0 Å². The highest BCUT2D eigenvalue weighted by atomic mass is 14.1. The minimum atomic E-state index is 1.28. The van der Waals surface area contributed by atoms with Crippen molar-refractivity contribution in [3.63, 3.8) is 0 Å². The first-order valence-electron chi connectivity index (χ1n) is 27.0. The largest absolute Gasteiger partial charge is 0.0622 e. The summed E-state index contributed by atoms with van der Waals surface area (Å²) in [5.74, 6) is 0. The molecule has 0 heteroatoms. The van der Waals surface area contributed by atoms with Crippen molar-refractivity contribution in [1.82, 2.24) is 0 Å². The highest BCUT2D eigenvalue weighted by Gasteiger charge is 2.03. The summed E-state index contributed by atoms with van der Waals surface area (Å²) in [5.41, 5.74) is 18.3. The lowest BCUT2D eigenvalue weighted by Crippen LogP contribution is -1.81. The lowest BCUT2D eigenvalue weighted by Gasteiger charge is -2.07. The molecule has 0 heterocycles. The Morgan fingerprint density at radius 1 is 0.167 bits per heavy atom. The van der Waals surface area contributed by atoms with E-state index in [9.17, 15) is 0 Å². The van der Waals surface area contributed by atoms with Crippen molar-refractivity contribution >= 4 is 32.3 Å². The van der Waals surface area contributed by atoms with Crippen molar-refractivity contribution in [3.05, 3.63) is 349 Å². The van der Waals surface area contributed by atoms with Crippen molar-refractivity contribution in [1.29, 1.82) is 0 Å². The standard InChI is InChI=1S/C17H14.3C13H12.2C11H10/c1-13-9-11-15(12-10-13)17-8-4-6-14-5-2-3-7-16(14)17;1-11-7-5-6-10-13(11)12-8-3-2-4-9-12;1-11-6-5-9-13(10-11)12-7-3-2-4-8-12;1-11-7-9-13(10-8-11)12-5-3-2-4-6-12;1-9-5-4-7-10-6-2-3-8-11(9)10;1-9-6-7-10-4-2-3-5-11(10)8-9/h2-12H,1H3;3*2-10H,1H3;2*2-8H,1H3. The molecule has 0 atom stereocenters. The second-order valence-corrected chi connectivity index (χ2v) is 19.7. The SMILES string of the molecule is Cc1ccc(-c2cccc3ccccc23)cc1.Cc1ccc(-c2ccccc2)cc1.Cc1ccc2ccccc2c1.Cc1cccc(-c2ccccc2)c1.Cc1cccc2ccccc12.Cc1ccccc1-c1ccccc1. The van der Waals surface area contributed by atoms with Gasteiger partial charge < -0.3 is 0 Å². The van der Waals surface area contributed by atoms with Crippen molar-refractivity contribution in [3.8, 4) is 44.5 Å². The van der Waals surface area contributed by atoms with Crippen LogP contribution < -0.4 is 0 Å². The summed E-state index contributed by atoms with van der Waals surface area (Å²) in [6, 6.07) is 110. The van der Waals surface area contributed by atoms with Gasteiger partial charge in [0.15, 0.2) is 0 Å². The number of fused-ring (bicyclic) bond motifs is 3. The molecule has 13 aromatic rings. The molecule has 0 aliphatic heterocycles. The van der Waals surface area contributed by atoms with Crippen LogP contribution in [0, 0.1) is 41.5 Å². The maximum absolute atomic E-state index is 2.20. The molecule has 0 aromatic heterocycles. The van der Waals surface area contributed by atoms with E-state index in [-0.39, 0.29) is 0 Å². The molecule has 0 fully saturated rings. The minimum Gasteiger partial charge on any atom is -0.0622 e. The maximum Gasteiger partial charge on any atom is -0.0105 e. The summed E-state index contributed by atoms with van der Waals surface area (Å²) in [6.07, 6.45) is 0. The van der Waals surface area contributed by atoms with Gasteiger partial charge in [0.25, 0.3) is 0 Å². The number of rotatable bonds is 4. The Morgan fingerprint density at radius 3 is 1.12 bits per heavy atom. The average molecular weight is 1010 g/mol. The van der Waals surface area contributed by atoms with Gasteiger partial charge in [-0.2, -0.15) is 0 Å². The third-order valence-electron chi connectivity index (χ3n) is 13.6. The van der Waals surface area contributed by atoms with Crippen LogP contribution in [0.5, 0.6) is 0 Å². The van der Waals surface area contributed by atoms with Crippen molar-refractivity contribution in [2.24, 2.45) is 0 Å². The van der Waals surface area contributed by atoms with E-state index in [0.29, 0.717) is 0 Å². The predicted molar refractivity (Wildman–Crippen MR) is 341 cm³/mol. The van der Waals surface area contributed by atoms with E-state index in [1.165, 1.54) is 110 Å². The second kappa shape index (κ2) is 28.5. The molecule has 13 rings (SSSR count). The molecular formula is C78H70. The highest BCUT2D eigenvalue weighted by molar-refractivity contribution is 5.96. The fourth-order valence-electron chi connectivity index (χ4n) is 9.25. The van der Waals surface area contributed by atoms with Crippen LogP contribution in [0.4, 0.5) is 0 Å². The van der Waals surface area contributed by atoms with Gasteiger partial charge in [-0.1, -0.05) is 338 Å². The van der Waals surface area contributed by atoms with Gasteiger partial charge in [-0.15, -0.1) is 0 Å². The first kappa shape index (κ1) is 54.9. The van der Waals surface area contributed by atoms with Crippen molar-refractivity contribution in [2.75, 3.05) is 0 Å². The first-order chi connectivity index (χ1) is 38.2. The van der Waals surface area contributed by atoms with Crippen LogP contribution in [-0.2, 0) is 0 Å². The van der Waals surface area contributed by atoms with E-state index in [0.717, 1.165) is 0 Å². The summed E-state index contributed by atoms with van der Waals surface area (Å²) in [4.78, 5) is 0. The number of benzene rings is 13. The molecule has 0 saturated heterocycles. The van der Waals surface area contributed by atoms with Crippen LogP contribution >= 0.6 is 0 Å². The zero-order valence-corrected chi connectivity index (χ0v) is 46.0. The zero-order valence-electron chi connectivity index (χ0n) is 46.0. The van der Waals surface area contributed by atoms with E-state index in [4.69, 9.17) is 0 Å². The quantitative estimate of drug-likeness (QED) is 0.165. The molecule has 382 valence electrons. The summed E-state index contributed by atoms with van der Waals surface area (Å²) < 4.78 is 0. The third kappa shape index (κ3) is 16.1. The molecule has 78 heavy (non-hydrogen) atoms. The molecule has 0 N–H and O–H groups in total. The monoisotopic (exact) mass is 1010 g/mol. The van der Waals surface area contributed by atoms with Crippen LogP contribution in [0.1, 0.15) is 33.4 Å². The zero-order chi connectivity index (χ0) is 54.3. The average Bonchev–Trinajstić information content (AvgIpc) is 3.52. The lowest BCUT2D eigenvalue weighted by atomic mass is 9.98. The smallest absolute Gasteiger partial charge is 0.0105 e. The van der Waals surface area contributed by atoms with E-state index in [1.807, 2.05) is 18.2 Å². The van der Waals surface area contributed by atoms with Gasteiger partial charge in [-0.25, -0.2) is 0 Å². The molecule has 0 aliphatic rings. The number of hydrogen-bond acceptors (Lipinski definition) is 0. The topological polar surface area (TPSA) is 0 Å². The number of aryl methyl sites for hydroxylation is 6. The second-order valence-electron chi connectivity index (χ2n) is 19.7. The molecule has 0 amide bonds. The molecule has 0 bridgehead atoms. The fraction of sp³-hybridized carbons (Fsp3) is 0.0769. The molecule has 0 radical (unpaired) electrons. The Hall–Kier alpha value is -9.36. The third-order valence-corrected chi connectivity index (χ3v) is 13.6. The van der Waals surface area contributed by atoms with Gasteiger partial charge in [0, 0.05) is 0 Å². The van der Waals surface area contributed by atoms with Crippen LogP contribution in [0.2, 0.25) is 0 Å². The Morgan fingerprint density at radius 2 is 0.526 bits per heavy atom. The van der Waals surface area contributed by atoms with Crippen LogP contribution in [0.25, 0.3) is 76.8 Å². The Labute approximate surface area is 464 Å². The molecule has 0 saturated carbocycles. The van der Waals surface area contributed by atoms with Crippen LogP contribution in [-0.4, -0.2) is 0 Å². The molecule has 0 spiro atoms.